The van der Waals surface area contributed by atoms with Crippen molar-refractivity contribution >= 4 is 12.0 Å². The standard InChI is InChI=1S/C7H9NO/c1-6(9)7-4-2-3-5-8-7/h2-3,5,7H,4H2,1H3/t7-/m0/s1. The molecule has 0 aromatic heterocycles. The first kappa shape index (κ1) is 6.20. The third-order valence-electron chi connectivity index (χ3n) is 1.32. The lowest BCUT2D eigenvalue weighted by molar-refractivity contribution is -0.118. The van der Waals surface area contributed by atoms with Gasteiger partial charge in [-0.2, -0.15) is 0 Å². The number of allylic oxidation sites excluding steroid dienone is 1. The second kappa shape index (κ2) is 2.58. The lowest BCUT2D eigenvalue weighted by Gasteiger charge is -2.06. The van der Waals surface area contributed by atoms with Crippen LogP contribution in [0.4, 0.5) is 0 Å². The third-order valence-corrected chi connectivity index (χ3v) is 1.32. The van der Waals surface area contributed by atoms with Crippen LogP contribution in [0.1, 0.15) is 13.3 Å². The van der Waals surface area contributed by atoms with E-state index in [1.54, 1.807) is 13.1 Å². The molecular weight excluding hydrogens is 114 g/mol. The first-order valence-electron chi connectivity index (χ1n) is 2.99. The molecule has 0 unspecified atom stereocenters. The fourth-order valence-corrected chi connectivity index (χ4v) is 0.754. The molecule has 0 aliphatic carbocycles. The van der Waals surface area contributed by atoms with Crippen LogP contribution in [0.15, 0.2) is 17.1 Å². The predicted molar refractivity (Wildman–Crippen MR) is 36.7 cm³/mol. The number of Topliss-reactive ketones (excluding diaryl/α,β-unsaturated/α-hetero) is 1. The van der Waals surface area contributed by atoms with Crippen LogP contribution in [-0.2, 0) is 4.79 Å². The van der Waals surface area contributed by atoms with Gasteiger partial charge in [0.2, 0.25) is 0 Å². The van der Waals surface area contributed by atoms with E-state index in [4.69, 9.17) is 0 Å². The maximum atomic E-state index is 10.7. The molecular formula is C7H9NO. The highest BCUT2D eigenvalue weighted by atomic mass is 16.1. The molecule has 0 radical (unpaired) electrons. The average Bonchev–Trinajstić information content (AvgIpc) is 1.90. The number of hydrogen-bond donors (Lipinski definition) is 0. The zero-order valence-corrected chi connectivity index (χ0v) is 5.37. The average molecular weight is 123 g/mol. The highest BCUT2D eigenvalue weighted by Gasteiger charge is 2.10. The van der Waals surface area contributed by atoms with Gasteiger partial charge in [-0.25, -0.2) is 0 Å². The van der Waals surface area contributed by atoms with Gasteiger partial charge in [-0.3, -0.25) is 9.79 Å². The third kappa shape index (κ3) is 1.49. The SMILES string of the molecule is CC(=O)[C@@H]1CC=CC=N1. The maximum absolute atomic E-state index is 10.7. The Balaban J connectivity index is 2.56. The van der Waals surface area contributed by atoms with Crippen LogP contribution in [0, 0.1) is 0 Å². The van der Waals surface area contributed by atoms with Crippen LogP contribution < -0.4 is 0 Å². The number of carbonyl (C=O) groups is 1. The van der Waals surface area contributed by atoms with Crippen molar-refractivity contribution in [1.82, 2.24) is 0 Å². The first-order chi connectivity index (χ1) is 4.30. The van der Waals surface area contributed by atoms with E-state index in [-0.39, 0.29) is 11.8 Å². The number of ketones is 1. The summed E-state index contributed by atoms with van der Waals surface area (Å²) in [6.45, 7) is 1.57. The molecule has 0 spiro atoms. The van der Waals surface area contributed by atoms with Crippen molar-refractivity contribution in [1.29, 1.82) is 0 Å². The summed E-state index contributed by atoms with van der Waals surface area (Å²) >= 11 is 0. The molecule has 9 heavy (non-hydrogen) atoms. The Morgan fingerprint density at radius 1 is 1.78 bits per heavy atom. The lowest BCUT2D eigenvalue weighted by atomic mass is 10.1. The van der Waals surface area contributed by atoms with Crippen LogP contribution in [0.2, 0.25) is 0 Å². The van der Waals surface area contributed by atoms with E-state index in [2.05, 4.69) is 4.99 Å². The lowest BCUT2D eigenvalue weighted by Crippen LogP contribution is -2.15. The molecule has 1 aliphatic heterocycles. The molecule has 0 fully saturated rings. The molecule has 0 bridgehead atoms. The summed E-state index contributed by atoms with van der Waals surface area (Å²) in [6.07, 6.45) is 6.26. The van der Waals surface area contributed by atoms with Gasteiger partial charge < -0.3 is 0 Å². The second-order valence-electron chi connectivity index (χ2n) is 2.09. The van der Waals surface area contributed by atoms with E-state index in [0.717, 1.165) is 6.42 Å². The molecule has 1 atom stereocenters. The van der Waals surface area contributed by atoms with E-state index in [9.17, 15) is 4.79 Å². The Kier molecular flexibility index (Phi) is 1.78. The van der Waals surface area contributed by atoms with Crippen LogP contribution in [0.5, 0.6) is 0 Å². The number of hydrogen-bond acceptors (Lipinski definition) is 2. The molecule has 0 amide bonds. The van der Waals surface area contributed by atoms with Gasteiger partial charge >= 0.3 is 0 Å². The summed E-state index contributed by atoms with van der Waals surface area (Å²) in [7, 11) is 0. The molecule has 2 nitrogen and oxygen atoms in total. The van der Waals surface area contributed by atoms with E-state index in [0.29, 0.717) is 0 Å². The normalized spacial score (nSPS) is 24.3. The first-order valence-corrected chi connectivity index (χ1v) is 2.99. The van der Waals surface area contributed by atoms with Gasteiger partial charge in [0.25, 0.3) is 0 Å². The molecule has 1 heterocycles. The molecule has 1 rings (SSSR count). The molecule has 2 heteroatoms. The molecule has 1 aliphatic rings. The Labute approximate surface area is 54.3 Å². The molecule has 0 saturated heterocycles. The fraction of sp³-hybridized carbons (Fsp3) is 0.429. The van der Waals surface area contributed by atoms with Crippen molar-refractivity contribution < 1.29 is 4.79 Å². The minimum absolute atomic E-state index is 0.102. The van der Waals surface area contributed by atoms with Crippen LogP contribution in [-0.4, -0.2) is 18.0 Å². The summed E-state index contributed by atoms with van der Waals surface area (Å²) < 4.78 is 0. The highest BCUT2D eigenvalue weighted by molar-refractivity contribution is 5.85. The molecule has 0 aromatic carbocycles. The largest absolute Gasteiger partial charge is 0.298 e. The van der Waals surface area contributed by atoms with Gasteiger partial charge in [0, 0.05) is 6.21 Å². The van der Waals surface area contributed by atoms with Crippen molar-refractivity contribution in [2.45, 2.75) is 19.4 Å². The van der Waals surface area contributed by atoms with Crippen molar-refractivity contribution in [3.8, 4) is 0 Å². The number of nitrogens with zero attached hydrogens (tertiary/aromatic N) is 1. The Hall–Kier alpha value is -0.920. The monoisotopic (exact) mass is 123 g/mol. The van der Waals surface area contributed by atoms with E-state index in [1.807, 2.05) is 12.2 Å². The minimum Gasteiger partial charge on any atom is -0.298 e. The predicted octanol–water partition coefficient (Wildman–Crippen LogP) is 0.975. The van der Waals surface area contributed by atoms with Gasteiger partial charge in [0.15, 0.2) is 5.78 Å². The van der Waals surface area contributed by atoms with Crippen LogP contribution in [0.25, 0.3) is 0 Å². The Bertz CT molecular complexity index is 170. The van der Waals surface area contributed by atoms with Gasteiger partial charge in [0.1, 0.15) is 6.04 Å². The van der Waals surface area contributed by atoms with Gasteiger partial charge in [0.05, 0.1) is 0 Å². The molecule has 48 valence electrons. The van der Waals surface area contributed by atoms with E-state index >= 15 is 0 Å². The van der Waals surface area contributed by atoms with Crippen molar-refractivity contribution in [2.24, 2.45) is 4.99 Å². The summed E-state index contributed by atoms with van der Waals surface area (Å²) in [5.41, 5.74) is 0. The van der Waals surface area contributed by atoms with Crippen molar-refractivity contribution in [3.63, 3.8) is 0 Å². The maximum Gasteiger partial charge on any atom is 0.154 e. The zero-order valence-electron chi connectivity index (χ0n) is 5.37. The second-order valence-corrected chi connectivity index (χ2v) is 2.09. The molecule has 0 aromatic rings. The van der Waals surface area contributed by atoms with Gasteiger partial charge in [-0.15, -0.1) is 0 Å². The zero-order chi connectivity index (χ0) is 6.69. The number of rotatable bonds is 1. The quantitative estimate of drug-likeness (QED) is 0.511. The van der Waals surface area contributed by atoms with E-state index < -0.39 is 0 Å². The van der Waals surface area contributed by atoms with E-state index in [1.165, 1.54) is 0 Å². The minimum atomic E-state index is -0.102. The van der Waals surface area contributed by atoms with Crippen molar-refractivity contribution in [3.05, 3.63) is 12.2 Å². The van der Waals surface area contributed by atoms with Crippen LogP contribution >= 0.6 is 0 Å². The Morgan fingerprint density at radius 3 is 2.89 bits per heavy atom. The molecule has 0 N–H and O–H groups in total. The fourth-order valence-electron chi connectivity index (χ4n) is 0.754. The summed E-state index contributed by atoms with van der Waals surface area (Å²) in [5, 5.41) is 0. The topological polar surface area (TPSA) is 29.4 Å². The van der Waals surface area contributed by atoms with Crippen LogP contribution in [0.3, 0.4) is 0 Å². The number of carbonyl (C=O) groups excluding carboxylic acids is 1. The Morgan fingerprint density at radius 2 is 2.56 bits per heavy atom. The smallest absolute Gasteiger partial charge is 0.154 e. The summed E-state index contributed by atoms with van der Waals surface area (Å²) in [5.74, 6) is 0.149. The number of aliphatic imine (C=N–C) groups is 1. The summed E-state index contributed by atoms with van der Waals surface area (Å²) in [6, 6.07) is -0.102. The number of dihydropyridines is 1. The summed E-state index contributed by atoms with van der Waals surface area (Å²) in [4.78, 5) is 14.6. The van der Waals surface area contributed by atoms with Crippen molar-refractivity contribution in [2.75, 3.05) is 0 Å². The van der Waals surface area contributed by atoms with Gasteiger partial charge in [-0.05, 0) is 19.4 Å². The highest BCUT2D eigenvalue weighted by Crippen LogP contribution is 2.03. The molecule has 0 saturated carbocycles. The van der Waals surface area contributed by atoms with Gasteiger partial charge in [-0.1, -0.05) is 6.08 Å².